The first-order valence-electron chi connectivity index (χ1n) is 4.76. The van der Waals surface area contributed by atoms with Crippen LogP contribution in [0.5, 0.6) is 0 Å². The Morgan fingerprint density at radius 3 is 2.32 bits per heavy atom. The van der Waals surface area contributed by atoms with Crippen molar-refractivity contribution in [3.63, 3.8) is 0 Å². The first-order valence-corrected chi connectivity index (χ1v) is 4.76. The van der Waals surface area contributed by atoms with Crippen LogP contribution in [0, 0.1) is 10.1 Å². The maximum atomic E-state index is 11.7. The first-order chi connectivity index (χ1) is 8.41. The molecule has 19 heavy (non-hydrogen) atoms. The molecule has 1 aliphatic rings. The molecule has 0 saturated heterocycles. The molecule has 0 aliphatic carbocycles. The van der Waals surface area contributed by atoms with Gasteiger partial charge in [0.15, 0.2) is 0 Å². The maximum absolute atomic E-state index is 11.7. The van der Waals surface area contributed by atoms with E-state index in [9.17, 15) is 29.6 Å². The number of nitro groups is 1. The summed E-state index contributed by atoms with van der Waals surface area (Å²) in [5, 5.41) is 20.9. The maximum Gasteiger partial charge on any atom is 1.00 e. The number of hydrogen-bond donors (Lipinski definition) is 0. The fourth-order valence-electron chi connectivity index (χ4n) is 1.66. The molecule has 0 spiro atoms. The van der Waals surface area contributed by atoms with E-state index in [1.54, 1.807) is 0 Å². The number of rotatable bonds is 3. The van der Waals surface area contributed by atoms with Crippen LogP contribution in [0.3, 0.4) is 0 Å². The fourth-order valence-corrected chi connectivity index (χ4v) is 1.66. The van der Waals surface area contributed by atoms with Gasteiger partial charge in [0.25, 0.3) is 17.5 Å². The minimum Gasteiger partial charge on any atom is -0.548 e. The van der Waals surface area contributed by atoms with Gasteiger partial charge < -0.3 is 9.90 Å². The van der Waals surface area contributed by atoms with Gasteiger partial charge in [-0.25, -0.2) is 0 Å². The van der Waals surface area contributed by atoms with Gasteiger partial charge in [-0.2, -0.15) is 0 Å². The molecule has 1 aliphatic heterocycles. The largest absolute Gasteiger partial charge is 1.00 e. The Bertz CT molecular complexity index is 600. The van der Waals surface area contributed by atoms with E-state index in [1.807, 2.05) is 0 Å². The Kier molecular flexibility index (Phi) is 4.93. The second-order valence-corrected chi connectivity index (χ2v) is 3.56. The standard InChI is InChI=1S/C10H6N2O6.K/c13-8(14)4-11-9(15)6-2-1-5(12(17)18)3-7(6)10(11)16;/h1-3H,4H2,(H,13,14);/q;+1/p-1. The molecule has 1 heterocycles. The zero-order chi connectivity index (χ0) is 13.4. The van der Waals surface area contributed by atoms with E-state index in [-0.39, 0.29) is 68.2 Å². The average molecular weight is 288 g/mol. The number of carbonyl (C=O) groups excluding carboxylic acids is 3. The quantitative estimate of drug-likeness (QED) is 0.241. The van der Waals surface area contributed by atoms with Crippen molar-refractivity contribution in [3.8, 4) is 0 Å². The van der Waals surface area contributed by atoms with Crippen LogP contribution in [-0.2, 0) is 4.79 Å². The summed E-state index contributed by atoms with van der Waals surface area (Å²) in [5.74, 6) is -3.25. The second-order valence-electron chi connectivity index (χ2n) is 3.56. The molecule has 9 heteroatoms. The van der Waals surface area contributed by atoms with Crippen LogP contribution in [0.4, 0.5) is 5.69 Å². The van der Waals surface area contributed by atoms with Crippen molar-refractivity contribution in [2.24, 2.45) is 0 Å². The number of carbonyl (C=O) groups is 3. The number of aliphatic carboxylic acids is 1. The van der Waals surface area contributed by atoms with Crippen molar-refractivity contribution in [2.45, 2.75) is 0 Å². The summed E-state index contributed by atoms with van der Waals surface area (Å²) in [6.07, 6.45) is 0. The van der Waals surface area contributed by atoms with Gasteiger partial charge in [-0.3, -0.25) is 24.6 Å². The van der Waals surface area contributed by atoms with Crippen molar-refractivity contribution in [2.75, 3.05) is 6.54 Å². The van der Waals surface area contributed by atoms with Gasteiger partial charge in [0.1, 0.15) is 0 Å². The molecular weight excluding hydrogens is 283 g/mol. The number of carboxylic acids is 1. The normalized spacial score (nSPS) is 12.9. The van der Waals surface area contributed by atoms with Crippen LogP contribution in [-0.4, -0.2) is 34.2 Å². The minimum absolute atomic E-state index is 0. The molecule has 2 rings (SSSR count). The van der Waals surface area contributed by atoms with E-state index in [2.05, 4.69) is 0 Å². The van der Waals surface area contributed by atoms with Gasteiger partial charge >= 0.3 is 51.4 Å². The molecule has 0 N–H and O–H groups in total. The van der Waals surface area contributed by atoms with Crippen LogP contribution in [0.25, 0.3) is 0 Å². The number of fused-ring (bicyclic) bond motifs is 1. The monoisotopic (exact) mass is 288 g/mol. The predicted octanol–water partition coefficient (Wildman–Crippen LogP) is -4.06. The molecular formula is C10H5KN2O6. The SMILES string of the molecule is O=C([O-])CN1C(=O)c2ccc([N+](=O)[O-])cc2C1=O.[K+]. The summed E-state index contributed by atoms with van der Waals surface area (Å²) in [6, 6.07) is 3.15. The molecule has 0 unspecified atom stereocenters. The van der Waals surface area contributed by atoms with Crippen LogP contribution in [0.15, 0.2) is 18.2 Å². The molecule has 2 amide bonds. The third kappa shape index (κ3) is 2.90. The molecule has 0 bridgehead atoms. The van der Waals surface area contributed by atoms with Crippen molar-refractivity contribution < 1.29 is 75.8 Å². The van der Waals surface area contributed by atoms with Crippen LogP contribution in [0.2, 0.25) is 0 Å². The van der Waals surface area contributed by atoms with E-state index >= 15 is 0 Å². The van der Waals surface area contributed by atoms with E-state index in [0.717, 1.165) is 18.2 Å². The molecule has 0 atom stereocenters. The number of benzene rings is 1. The first kappa shape index (κ1) is 15.9. The van der Waals surface area contributed by atoms with Crippen molar-refractivity contribution in [1.29, 1.82) is 0 Å². The van der Waals surface area contributed by atoms with Crippen molar-refractivity contribution in [1.82, 2.24) is 4.90 Å². The molecule has 0 fully saturated rings. The Hall–Kier alpha value is -1.13. The molecule has 0 saturated carbocycles. The molecule has 1 aromatic carbocycles. The Morgan fingerprint density at radius 1 is 1.21 bits per heavy atom. The van der Waals surface area contributed by atoms with Gasteiger partial charge in [0, 0.05) is 12.1 Å². The summed E-state index contributed by atoms with van der Waals surface area (Å²) in [4.78, 5) is 44.1. The fraction of sp³-hybridized carbons (Fsp3) is 0.100. The topological polar surface area (TPSA) is 121 Å². The van der Waals surface area contributed by atoms with Gasteiger partial charge in [0.2, 0.25) is 0 Å². The number of hydrogen-bond acceptors (Lipinski definition) is 6. The zero-order valence-electron chi connectivity index (χ0n) is 9.78. The Balaban J connectivity index is 0.00000180. The van der Waals surface area contributed by atoms with Gasteiger partial charge in [-0.1, -0.05) is 0 Å². The zero-order valence-corrected chi connectivity index (χ0v) is 12.9. The second kappa shape index (κ2) is 5.88. The number of carboxylic acid groups (broad SMARTS) is 1. The third-order valence-electron chi connectivity index (χ3n) is 2.45. The number of amides is 2. The van der Waals surface area contributed by atoms with Gasteiger partial charge in [-0.05, 0) is 6.07 Å². The Morgan fingerprint density at radius 2 is 1.79 bits per heavy atom. The Labute approximate surface area is 148 Å². The molecule has 1 aromatic rings. The number of non-ortho nitro benzene ring substituents is 1. The smallest absolute Gasteiger partial charge is 0.548 e. The van der Waals surface area contributed by atoms with E-state index in [1.165, 1.54) is 0 Å². The van der Waals surface area contributed by atoms with Crippen LogP contribution >= 0.6 is 0 Å². The van der Waals surface area contributed by atoms with Gasteiger partial charge in [0.05, 0.1) is 28.6 Å². The molecule has 8 nitrogen and oxygen atoms in total. The van der Waals surface area contributed by atoms with E-state index in [0.29, 0.717) is 4.90 Å². The average Bonchev–Trinajstić information content (AvgIpc) is 2.53. The van der Waals surface area contributed by atoms with Crippen LogP contribution in [0.1, 0.15) is 20.7 Å². The van der Waals surface area contributed by atoms with E-state index < -0.39 is 29.3 Å². The molecule has 92 valence electrons. The number of nitro benzene ring substituents is 1. The molecule has 0 radical (unpaired) electrons. The van der Waals surface area contributed by atoms with E-state index in [4.69, 9.17) is 0 Å². The summed E-state index contributed by atoms with van der Waals surface area (Å²) < 4.78 is 0. The summed E-state index contributed by atoms with van der Waals surface area (Å²) in [6.45, 7) is -0.875. The summed E-state index contributed by atoms with van der Waals surface area (Å²) in [5.41, 5.74) is -0.562. The van der Waals surface area contributed by atoms with Crippen molar-refractivity contribution >= 4 is 23.5 Å². The summed E-state index contributed by atoms with van der Waals surface area (Å²) in [7, 11) is 0. The minimum atomic E-state index is -1.58. The molecule has 0 aromatic heterocycles. The number of imide groups is 1. The third-order valence-corrected chi connectivity index (χ3v) is 2.45. The number of nitrogens with zero attached hydrogens (tertiary/aromatic N) is 2. The van der Waals surface area contributed by atoms with Crippen LogP contribution < -0.4 is 56.5 Å². The van der Waals surface area contributed by atoms with Gasteiger partial charge in [-0.15, -0.1) is 0 Å². The summed E-state index contributed by atoms with van der Waals surface area (Å²) >= 11 is 0. The van der Waals surface area contributed by atoms with Crippen molar-refractivity contribution in [3.05, 3.63) is 39.4 Å². The predicted molar refractivity (Wildman–Crippen MR) is 53.5 cm³/mol.